The van der Waals surface area contributed by atoms with Crippen LogP contribution in [-0.2, 0) is 9.59 Å². The zero-order valence-corrected chi connectivity index (χ0v) is 29.2. The number of thioether (sulfide) groups is 1. The lowest BCUT2D eigenvalue weighted by Gasteiger charge is -2.17. The number of rotatable bonds is 11. The summed E-state index contributed by atoms with van der Waals surface area (Å²) in [5.41, 5.74) is 3.62. The zero-order valence-electron chi connectivity index (χ0n) is 25.1. The van der Waals surface area contributed by atoms with Gasteiger partial charge in [0.05, 0.1) is 5.69 Å². The molecule has 0 aliphatic heterocycles. The van der Waals surface area contributed by atoms with E-state index in [9.17, 15) is 14.4 Å². The molecule has 2 heterocycles. The summed E-state index contributed by atoms with van der Waals surface area (Å²) in [4.78, 5) is 46.5. The number of aromatic nitrogens is 1. The molecule has 7 nitrogen and oxygen atoms in total. The Morgan fingerprint density at radius 2 is 1.54 bits per heavy atom. The van der Waals surface area contributed by atoms with Gasteiger partial charge in [-0.3, -0.25) is 14.4 Å². The fraction of sp³-hybridized carbons (Fsp3) is 0.0270. The molecule has 11 heteroatoms. The fourth-order valence-corrected chi connectivity index (χ4v) is 7.32. The van der Waals surface area contributed by atoms with Gasteiger partial charge in [-0.1, -0.05) is 88.7 Å². The highest BCUT2D eigenvalue weighted by Crippen LogP contribution is 2.38. The van der Waals surface area contributed by atoms with Crippen LogP contribution < -0.4 is 16.0 Å². The zero-order chi connectivity index (χ0) is 33.3. The van der Waals surface area contributed by atoms with Crippen molar-refractivity contribution >= 4 is 85.0 Å². The predicted octanol–water partition coefficient (Wildman–Crippen LogP) is 9.52. The summed E-state index contributed by atoms with van der Waals surface area (Å²) >= 11 is 7.64. The van der Waals surface area contributed by atoms with Gasteiger partial charge in [-0.25, -0.2) is 4.98 Å². The first-order valence-corrected chi connectivity index (χ1v) is 18.1. The van der Waals surface area contributed by atoms with Crippen molar-refractivity contribution in [3.05, 3.63) is 158 Å². The van der Waals surface area contributed by atoms with Gasteiger partial charge in [-0.2, -0.15) is 0 Å². The Bertz CT molecular complexity index is 2050. The molecule has 0 aliphatic carbocycles. The Kier molecular flexibility index (Phi) is 10.9. The molecule has 6 rings (SSSR count). The Morgan fingerprint density at radius 3 is 2.27 bits per heavy atom. The van der Waals surface area contributed by atoms with Gasteiger partial charge in [0.1, 0.15) is 10.9 Å². The van der Waals surface area contributed by atoms with Crippen LogP contribution in [0, 0.1) is 0 Å². The lowest BCUT2D eigenvalue weighted by molar-refractivity contribution is -0.116. The summed E-state index contributed by atoms with van der Waals surface area (Å²) in [6.07, 6.45) is 1.65. The molecule has 0 aliphatic rings. The van der Waals surface area contributed by atoms with Crippen LogP contribution in [0.15, 0.2) is 147 Å². The Balaban J connectivity index is 1.19. The van der Waals surface area contributed by atoms with Crippen molar-refractivity contribution in [2.75, 3.05) is 10.6 Å². The van der Waals surface area contributed by atoms with Crippen LogP contribution in [0.1, 0.15) is 26.0 Å². The van der Waals surface area contributed by atoms with Gasteiger partial charge < -0.3 is 16.0 Å². The number of thiophene rings is 1. The van der Waals surface area contributed by atoms with E-state index in [0.717, 1.165) is 31.1 Å². The van der Waals surface area contributed by atoms with E-state index in [1.807, 2.05) is 102 Å². The lowest BCUT2D eigenvalue weighted by atomic mass is 10.1. The maximum atomic E-state index is 13.7. The monoisotopic (exact) mass is 750 g/mol. The number of carbonyl (C=O) groups is 3. The number of carbonyl (C=O) groups excluding carboxylic acids is 3. The number of benzene rings is 4. The normalized spacial score (nSPS) is 11.8. The van der Waals surface area contributed by atoms with Crippen molar-refractivity contribution in [2.24, 2.45) is 0 Å². The van der Waals surface area contributed by atoms with Crippen LogP contribution in [0.3, 0.4) is 0 Å². The summed E-state index contributed by atoms with van der Waals surface area (Å²) in [5, 5.41) is 12.4. The average molecular weight is 752 g/mol. The van der Waals surface area contributed by atoms with Crippen molar-refractivity contribution in [1.82, 2.24) is 10.3 Å². The van der Waals surface area contributed by atoms with Crippen LogP contribution in [0.5, 0.6) is 0 Å². The maximum absolute atomic E-state index is 13.7. The molecule has 1 atom stereocenters. The first kappa shape index (κ1) is 33.1. The van der Waals surface area contributed by atoms with E-state index in [-0.39, 0.29) is 11.6 Å². The van der Waals surface area contributed by atoms with Gasteiger partial charge in [0.25, 0.3) is 11.8 Å². The lowest BCUT2D eigenvalue weighted by Crippen LogP contribution is -2.30. The first-order valence-electron chi connectivity index (χ1n) is 14.7. The number of hydrogen-bond acceptors (Lipinski definition) is 7. The number of thiazole rings is 1. The molecule has 1 unspecified atom stereocenters. The standard InChI is InChI=1S/C37H27BrN4O3S3/c38-27-18-16-24(17-19-27)32-23-47-37(41-32)42-36(45)33(25-9-3-1-4-10-25)48-30-14-7-13-28(21-30)39-35(44)31(22-29-15-8-20-46-29)40-34(43)26-11-5-2-6-12-26/h1-23,33H,(H,39,44)(H,40,43)(H,41,42,45)/b31-22-. The van der Waals surface area contributed by atoms with Crippen molar-refractivity contribution in [3.8, 4) is 11.3 Å². The molecule has 0 fully saturated rings. The van der Waals surface area contributed by atoms with Crippen LogP contribution in [0.4, 0.5) is 10.8 Å². The summed E-state index contributed by atoms with van der Waals surface area (Å²) in [6.45, 7) is 0. The Labute approximate surface area is 298 Å². The van der Waals surface area contributed by atoms with Crippen LogP contribution in [0.25, 0.3) is 17.3 Å². The van der Waals surface area contributed by atoms with E-state index >= 15 is 0 Å². The number of amides is 3. The largest absolute Gasteiger partial charge is 0.321 e. The SMILES string of the molecule is O=C(Nc1cccc(SC(C(=O)Nc2nc(-c3ccc(Br)cc3)cs2)c2ccccc2)c1)/C(=C/c1cccs1)NC(=O)c1ccccc1. The molecular formula is C37H27BrN4O3S3. The topological polar surface area (TPSA) is 100 Å². The third-order valence-electron chi connectivity index (χ3n) is 6.92. The number of halogens is 1. The molecule has 48 heavy (non-hydrogen) atoms. The predicted molar refractivity (Wildman–Crippen MR) is 200 cm³/mol. The van der Waals surface area contributed by atoms with Crippen molar-refractivity contribution in [1.29, 1.82) is 0 Å². The quantitative estimate of drug-likeness (QED) is 0.0905. The molecule has 3 amide bonds. The van der Waals surface area contributed by atoms with Gasteiger partial charge >= 0.3 is 0 Å². The molecule has 238 valence electrons. The second kappa shape index (κ2) is 15.9. The van der Waals surface area contributed by atoms with Gasteiger partial charge in [0.2, 0.25) is 5.91 Å². The molecule has 3 N–H and O–H groups in total. The second-order valence-corrected chi connectivity index (χ2v) is 14.2. The summed E-state index contributed by atoms with van der Waals surface area (Å²) in [6, 6.07) is 37.1. The molecule has 0 saturated carbocycles. The highest BCUT2D eigenvalue weighted by molar-refractivity contribution is 9.10. The fourth-order valence-electron chi connectivity index (χ4n) is 4.60. The van der Waals surface area contributed by atoms with Crippen LogP contribution in [-0.4, -0.2) is 22.7 Å². The minimum Gasteiger partial charge on any atom is -0.321 e. The van der Waals surface area contributed by atoms with E-state index < -0.39 is 17.1 Å². The van der Waals surface area contributed by atoms with Gasteiger partial charge in [-0.15, -0.1) is 34.4 Å². The van der Waals surface area contributed by atoms with E-state index in [0.29, 0.717) is 16.4 Å². The number of anilines is 2. The number of nitrogens with zero attached hydrogens (tertiary/aromatic N) is 1. The Morgan fingerprint density at radius 1 is 0.792 bits per heavy atom. The Hall–Kier alpha value is -4.81. The van der Waals surface area contributed by atoms with E-state index in [2.05, 4.69) is 36.9 Å². The van der Waals surface area contributed by atoms with Crippen molar-refractivity contribution in [3.63, 3.8) is 0 Å². The number of nitrogens with one attached hydrogen (secondary N) is 3. The smallest absolute Gasteiger partial charge is 0.272 e. The minimum absolute atomic E-state index is 0.108. The first-order chi connectivity index (χ1) is 23.4. The summed E-state index contributed by atoms with van der Waals surface area (Å²) < 4.78 is 0.978. The molecule has 4 aromatic carbocycles. The van der Waals surface area contributed by atoms with Gasteiger partial charge in [-0.05, 0) is 65.6 Å². The van der Waals surface area contributed by atoms with Crippen LogP contribution in [0.2, 0.25) is 0 Å². The molecule has 0 saturated heterocycles. The minimum atomic E-state index is -0.600. The van der Waals surface area contributed by atoms with Gasteiger partial charge in [0, 0.05) is 36.4 Å². The molecule has 6 aromatic rings. The van der Waals surface area contributed by atoms with E-state index in [4.69, 9.17) is 0 Å². The number of hydrogen-bond donors (Lipinski definition) is 3. The molecular weight excluding hydrogens is 725 g/mol. The average Bonchev–Trinajstić information content (AvgIpc) is 3.81. The van der Waals surface area contributed by atoms with Gasteiger partial charge in [0.15, 0.2) is 5.13 Å². The van der Waals surface area contributed by atoms with Crippen molar-refractivity contribution < 1.29 is 14.4 Å². The van der Waals surface area contributed by atoms with E-state index in [1.165, 1.54) is 34.4 Å². The van der Waals surface area contributed by atoms with Crippen molar-refractivity contribution in [2.45, 2.75) is 10.1 Å². The summed E-state index contributed by atoms with van der Waals surface area (Å²) in [5.74, 6) is -1.08. The third-order valence-corrected chi connectivity index (χ3v) is 10.3. The highest BCUT2D eigenvalue weighted by Gasteiger charge is 2.24. The van der Waals surface area contributed by atoms with E-state index in [1.54, 1.807) is 36.4 Å². The second-order valence-electron chi connectivity index (χ2n) is 10.3. The summed E-state index contributed by atoms with van der Waals surface area (Å²) in [7, 11) is 0. The van der Waals surface area contributed by atoms with Crippen LogP contribution >= 0.6 is 50.4 Å². The highest BCUT2D eigenvalue weighted by atomic mass is 79.9. The maximum Gasteiger partial charge on any atom is 0.272 e. The third kappa shape index (κ3) is 8.75. The molecule has 2 aromatic heterocycles. The molecule has 0 radical (unpaired) electrons. The molecule has 0 spiro atoms. The molecule has 0 bridgehead atoms.